The van der Waals surface area contributed by atoms with Gasteiger partial charge in [-0.15, -0.1) is 0 Å². The number of nitrogens with one attached hydrogen (secondary N) is 1. The molecule has 0 aromatic rings. The molecular formula is C8H20N2O3S. The summed E-state index contributed by atoms with van der Waals surface area (Å²) in [6.45, 7) is 2.51. The first-order chi connectivity index (χ1) is 6.55. The lowest BCUT2D eigenvalue weighted by molar-refractivity contribution is 0.177. The van der Waals surface area contributed by atoms with Gasteiger partial charge in [0.25, 0.3) is 0 Å². The molecule has 5 nitrogen and oxygen atoms in total. The van der Waals surface area contributed by atoms with Crippen LogP contribution in [-0.4, -0.2) is 40.5 Å². The van der Waals surface area contributed by atoms with Crippen LogP contribution in [0, 0.1) is 0 Å². The lowest BCUT2D eigenvalue weighted by Crippen LogP contribution is -2.44. The maximum atomic E-state index is 11.4. The summed E-state index contributed by atoms with van der Waals surface area (Å²) in [7, 11) is -1.67. The molecule has 0 bridgehead atoms. The summed E-state index contributed by atoms with van der Waals surface area (Å²) < 4.78 is 30.2. The zero-order valence-corrected chi connectivity index (χ0v) is 9.64. The number of methoxy groups -OCH3 is 1. The number of rotatable bonds is 8. The molecule has 0 saturated carbocycles. The van der Waals surface area contributed by atoms with E-state index in [1.165, 1.54) is 7.11 Å². The second-order valence-electron chi connectivity index (χ2n) is 3.18. The number of nitrogens with two attached hydrogens (primary N) is 1. The Labute approximate surface area is 86.1 Å². The normalized spacial score (nSPS) is 14.2. The Bertz CT molecular complexity index is 229. The topological polar surface area (TPSA) is 81.4 Å². The van der Waals surface area contributed by atoms with Crippen LogP contribution in [0.4, 0.5) is 0 Å². The number of ether oxygens (including phenoxy) is 1. The first-order valence-corrected chi connectivity index (χ1v) is 6.40. The molecule has 86 valence electrons. The maximum Gasteiger partial charge on any atom is 0.211 e. The van der Waals surface area contributed by atoms with Crippen molar-refractivity contribution in [2.45, 2.75) is 25.8 Å². The fourth-order valence-corrected chi connectivity index (χ4v) is 2.46. The molecule has 6 heteroatoms. The lowest BCUT2D eigenvalue weighted by Gasteiger charge is -2.15. The van der Waals surface area contributed by atoms with Gasteiger partial charge < -0.3 is 10.5 Å². The quantitative estimate of drug-likeness (QED) is 0.592. The molecule has 0 fully saturated rings. The molecule has 0 spiro atoms. The monoisotopic (exact) mass is 224 g/mol. The number of hydrogen-bond donors (Lipinski definition) is 2. The minimum absolute atomic E-state index is 0.156. The Morgan fingerprint density at radius 2 is 2.14 bits per heavy atom. The summed E-state index contributed by atoms with van der Waals surface area (Å²) in [6.07, 6.45) is 1.53. The molecule has 0 aromatic heterocycles. The minimum atomic E-state index is -3.19. The van der Waals surface area contributed by atoms with Crippen LogP contribution in [0.1, 0.15) is 19.8 Å². The fraction of sp³-hybridized carbons (Fsp3) is 1.00. The molecule has 0 saturated heterocycles. The Morgan fingerprint density at radius 3 is 2.57 bits per heavy atom. The van der Waals surface area contributed by atoms with Crippen LogP contribution in [0.3, 0.4) is 0 Å². The van der Waals surface area contributed by atoms with Crippen LogP contribution in [0.15, 0.2) is 0 Å². The van der Waals surface area contributed by atoms with Crippen LogP contribution < -0.4 is 10.5 Å². The standard InChI is InChI=1S/C8H20N2O3S/c1-3-4-5-14(11,12)10-8(6-9)7-13-2/h8,10H,3-7,9H2,1-2H3. The average Bonchev–Trinajstić information content (AvgIpc) is 2.14. The van der Waals surface area contributed by atoms with E-state index in [9.17, 15) is 8.42 Å². The predicted octanol–water partition coefficient (Wildman–Crippen LogP) is -0.320. The van der Waals surface area contributed by atoms with Gasteiger partial charge in [0, 0.05) is 13.7 Å². The minimum Gasteiger partial charge on any atom is -0.383 e. The van der Waals surface area contributed by atoms with Crippen molar-refractivity contribution in [3.05, 3.63) is 0 Å². The molecule has 3 N–H and O–H groups in total. The molecule has 0 aliphatic carbocycles. The second-order valence-corrected chi connectivity index (χ2v) is 5.05. The molecule has 1 atom stereocenters. The van der Waals surface area contributed by atoms with Crippen molar-refractivity contribution in [1.82, 2.24) is 4.72 Å². The van der Waals surface area contributed by atoms with Gasteiger partial charge in [-0.3, -0.25) is 0 Å². The van der Waals surface area contributed by atoms with E-state index in [1.807, 2.05) is 6.92 Å². The number of hydrogen-bond acceptors (Lipinski definition) is 4. The first kappa shape index (κ1) is 13.8. The van der Waals surface area contributed by atoms with Crippen molar-refractivity contribution in [2.24, 2.45) is 5.73 Å². The van der Waals surface area contributed by atoms with Crippen molar-refractivity contribution in [2.75, 3.05) is 26.0 Å². The van der Waals surface area contributed by atoms with Crippen LogP contribution in [0.5, 0.6) is 0 Å². The van der Waals surface area contributed by atoms with Crippen LogP contribution in [-0.2, 0) is 14.8 Å². The summed E-state index contributed by atoms with van der Waals surface area (Å²) >= 11 is 0. The third kappa shape index (κ3) is 6.31. The van der Waals surface area contributed by atoms with Gasteiger partial charge in [-0.1, -0.05) is 13.3 Å². The van der Waals surface area contributed by atoms with E-state index in [-0.39, 0.29) is 18.3 Å². The van der Waals surface area contributed by atoms with E-state index in [0.717, 1.165) is 6.42 Å². The Hall–Kier alpha value is -0.170. The van der Waals surface area contributed by atoms with E-state index in [1.54, 1.807) is 0 Å². The third-order valence-corrected chi connectivity index (χ3v) is 3.28. The van der Waals surface area contributed by atoms with Crippen LogP contribution in [0.25, 0.3) is 0 Å². The van der Waals surface area contributed by atoms with E-state index >= 15 is 0 Å². The molecule has 14 heavy (non-hydrogen) atoms. The van der Waals surface area contributed by atoms with Gasteiger partial charge in [0.1, 0.15) is 0 Å². The van der Waals surface area contributed by atoms with Gasteiger partial charge in [0.2, 0.25) is 10.0 Å². The van der Waals surface area contributed by atoms with Crippen LogP contribution >= 0.6 is 0 Å². The van der Waals surface area contributed by atoms with E-state index in [2.05, 4.69) is 4.72 Å². The van der Waals surface area contributed by atoms with Gasteiger partial charge in [-0.2, -0.15) is 0 Å². The highest BCUT2D eigenvalue weighted by molar-refractivity contribution is 7.89. The van der Waals surface area contributed by atoms with Gasteiger partial charge in [-0.25, -0.2) is 13.1 Å². The molecule has 0 heterocycles. The van der Waals surface area contributed by atoms with E-state index in [0.29, 0.717) is 13.0 Å². The highest BCUT2D eigenvalue weighted by Gasteiger charge is 2.15. The molecule has 0 aliphatic heterocycles. The highest BCUT2D eigenvalue weighted by Crippen LogP contribution is 1.95. The van der Waals surface area contributed by atoms with Crippen molar-refractivity contribution in [3.8, 4) is 0 Å². The van der Waals surface area contributed by atoms with Gasteiger partial charge >= 0.3 is 0 Å². The fourth-order valence-electron chi connectivity index (χ4n) is 0.999. The number of sulfonamides is 1. The van der Waals surface area contributed by atoms with Crippen molar-refractivity contribution < 1.29 is 13.2 Å². The third-order valence-electron chi connectivity index (χ3n) is 1.77. The zero-order chi connectivity index (χ0) is 11.0. The Kier molecular flexibility index (Phi) is 7.08. The van der Waals surface area contributed by atoms with Crippen molar-refractivity contribution in [3.63, 3.8) is 0 Å². The Balaban J connectivity index is 4.04. The molecule has 0 radical (unpaired) electrons. The Morgan fingerprint density at radius 1 is 1.50 bits per heavy atom. The second kappa shape index (κ2) is 7.17. The summed E-state index contributed by atoms with van der Waals surface area (Å²) in [4.78, 5) is 0. The summed E-state index contributed by atoms with van der Waals surface area (Å²) in [5, 5.41) is 0. The molecule has 0 aromatic carbocycles. The van der Waals surface area contributed by atoms with Crippen LogP contribution in [0.2, 0.25) is 0 Å². The predicted molar refractivity (Wildman–Crippen MR) is 56.5 cm³/mol. The van der Waals surface area contributed by atoms with Gasteiger partial charge in [0.15, 0.2) is 0 Å². The average molecular weight is 224 g/mol. The van der Waals surface area contributed by atoms with E-state index in [4.69, 9.17) is 10.5 Å². The SMILES string of the molecule is CCCCS(=O)(=O)NC(CN)COC. The largest absolute Gasteiger partial charge is 0.383 e. The van der Waals surface area contributed by atoms with Gasteiger partial charge in [0.05, 0.1) is 18.4 Å². The first-order valence-electron chi connectivity index (χ1n) is 4.74. The highest BCUT2D eigenvalue weighted by atomic mass is 32.2. The zero-order valence-electron chi connectivity index (χ0n) is 8.82. The summed E-state index contributed by atoms with van der Waals surface area (Å²) in [5.41, 5.74) is 5.39. The van der Waals surface area contributed by atoms with Gasteiger partial charge in [-0.05, 0) is 6.42 Å². The van der Waals surface area contributed by atoms with E-state index < -0.39 is 10.0 Å². The maximum absolute atomic E-state index is 11.4. The molecule has 0 aliphatic rings. The van der Waals surface area contributed by atoms with Crippen molar-refractivity contribution >= 4 is 10.0 Å². The van der Waals surface area contributed by atoms with Crippen molar-refractivity contribution in [1.29, 1.82) is 0 Å². The molecular weight excluding hydrogens is 204 g/mol. The summed E-state index contributed by atoms with van der Waals surface area (Å²) in [5.74, 6) is 0.156. The molecule has 0 amide bonds. The summed E-state index contributed by atoms with van der Waals surface area (Å²) in [6, 6.07) is -0.318. The number of unbranched alkanes of at least 4 members (excludes halogenated alkanes) is 1. The molecule has 1 unspecified atom stereocenters. The smallest absolute Gasteiger partial charge is 0.211 e. The molecule has 0 rings (SSSR count). The lowest BCUT2D eigenvalue weighted by atomic mass is 10.3.